The molecule has 1 atom stereocenters. The Hall–Kier alpha value is -3.52. The molecule has 1 N–H and O–H groups in total. The second kappa shape index (κ2) is 8.55. The lowest BCUT2D eigenvalue weighted by Gasteiger charge is -2.37. The summed E-state index contributed by atoms with van der Waals surface area (Å²) >= 11 is 0. The molecule has 6 rings (SSSR count). The van der Waals surface area contributed by atoms with Crippen molar-refractivity contribution in [3.63, 3.8) is 0 Å². The lowest BCUT2D eigenvalue weighted by molar-refractivity contribution is -0.136. The maximum Gasteiger partial charge on any atom is 0.255 e. The number of imide groups is 1. The first-order valence-corrected chi connectivity index (χ1v) is 12.7. The summed E-state index contributed by atoms with van der Waals surface area (Å²) in [6.07, 6.45) is 8.97. The highest BCUT2D eigenvalue weighted by molar-refractivity contribution is 6.05. The molecule has 5 heterocycles. The zero-order valence-corrected chi connectivity index (χ0v) is 20.8. The van der Waals surface area contributed by atoms with Gasteiger partial charge >= 0.3 is 0 Å². The number of pyridine rings is 1. The summed E-state index contributed by atoms with van der Waals surface area (Å²) in [5.41, 5.74) is 6.08. The molecule has 0 saturated carbocycles. The monoisotopic (exact) mass is 485 g/mol. The van der Waals surface area contributed by atoms with Crippen LogP contribution >= 0.6 is 0 Å². The molecule has 3 aliphatic rings. The van der Waals surface area contributed by atoms with Gasteiger partial charge in [-0.25, -0.2) is 4.98 Å². The van der Waals surface area contributed by atoms with Gasteiger partial charge in [-0.05, 0) is 72.7 Å². The summed E-state index contributed by atoms with van der Waals surface area (Å²) in [5.74, 6) is -0.820. The average molecular weight is 486 g/mol. The van der Waals surface area contributed by atoms with Crippen molar-refractivity contribution >= 4 is 23.4 Å². The number of benzene rings is 1. The molecule has 186 valence electrons. The van der Waals surface area contributed by atoms with E-state index in [1.807, 2.05) is 24.5 Å². The molecular formula is C28H31N5O3. The molecule has 3 amide bonds. The van der Waals surface area contributed by atoms with E-state index in [0.29, 0.717) is 23.9 Å². The molecule has 2 saturated heterocycles. The van der Waals surface area contributed by atoms with Gasteiger partial charge in [0, 0.05) is 49.2 Å². The number of hydrogen-bond donors (Lipinski definition) is 1. The van der Waals surface area contributed by atoms with Gasteiger partial charge in [-0.15, -0.1) is 0 Å². The van der Waals surface area contributed by atoms with Gasteiger partial charge in [0.1, 0.15) is 11.7 Å². The first-order chi connectivity index (χ1) is 17.3. The van der Waals surface area contributed by atoms with E-state index in [1.54, 1.807) is 4.90 Å². The van der Waals surface area contributed by atoms with E-state index >= 15 is 0 Å². The van der Waals surface area contributed by atoms with Crippen LogP contribution < -0.4 is 5.32 Å². The van der Waals surface area contributed by atoms with Crippen molar-refractivity contribution in [3.8, 4) is 11.1 Å². The van der Waals surface area contributed by atoms with E-state index in [1.165, 1.54) is 18.4 Å². The van der Waals surface area contributed by atoms with E-state index in [-0.39, 0.29) is 24.1 Å². The van der Waals surface area contributed by atoms with E-state index in [4.69, 9.17) is 0 Å². The number of nitrogens with zero attached hydrogens (tertiary/aromatic N) is 4. The number of carbonyl (C=O) groups excluding carboxylic acids is 3. The van der Waals surface area contributed by atoms with Gasteiger partial charge < -0.3 is 9.30 Å². The molecule has 2 fully saturated rings. The molecule has 2 aromatic heterocycles. The standard InChI is InChI=1S/C28H31N5O3/c1-28(2)7-10-31(11-8-28)15-18-13-22(25-29-9-12-32(25)16-18)19-3-4-21-20(14-19)17-33(27(21)36)23-5-6-24(34)30-26(23)35/h3-4,9,12-14,16,23H,5-8,10-11,15,17H2,1-2H3,(H,30,34,35). The van der Waals surface area contributed by atoms with Crippen LogP contribution in [0.25, 0.3) is 16.8 Å². The second-order valence-corrected chi connectivity index (χ2v) is 11.1. The van der Waals surface area contributed by atoms with Gasteiger partial charge in [0.15, 0.2) is 0 Å². The van der Waals surface area contributed by atoms with Gasteiger partial charge in [-0.2, -0.15) is 0 Å². The van der Waals surface area contributed by atoms with Crippen LogP contribution in [-0.4, -0.2) is 56.0 Å². The van der Waals surface area contributed by atoms with Gasteiger partial charge in [-0.1, -0.05) is 19.9 Å². The Morgan fingerprint density at radius 3 is 2.67 bits per heavy atom. The van der Waals surface area contributed by atoms with Crippen molar-refractivity contribution in [3.05, 3.63) is 59.5 Å². The summed E-state index contributed by atoms with van der Waals surface area (Å²) in [6.45, 7) is 8.15. The molecule has 1 unspecified atom stereocenters. The van der Waals surface area contributed by atoms with Gasteiger partial charge in [0.05, 0.1) is 0 Å². The Morgan fingerprint density at radius 2 is 1.89 bits per heavy atom. The number of likely N-dealkylation sites (tertiary alicyclic amines) is 1. The molecule has 0 bridgehead atoms. The largest absolute Gasteiger partial charge is 0.322 e. The molecule has 0 radical (unpaired) electrons. The summed E-state index contributed by atoms with van der Waals surface area (Å²) in [7, 11) is 0. The van der Waals surface area contributed by atoms with E-state index in [9.17, 15) is 14.4 Å². The minimum atomic E-state index is -0.608. The van der Waals surface area contributed by atoms with Crippen LogP contribution in [-0.2, 0) is 22.7 Å². The fourth-order valence-electron chi connectivity index (χ4n) is 5.71. The van der Waals surface area contributed by atoms with Crippen molar-refractivity contribution in [2.45, 2.75) is 58.7 Å². The SMILES string of the molecule is CC1(C)CCN(Cc2cc(-c3ccc4c(c3)CN(C3CCC(=O)NC3=O)C4=O)c3nccn3c2)CC1. The van der Waals surface area contributed by atoms with E-state index in [0.717, 1.165) is 42.0 Å². The number of imidazole rings is 1. The molecule has 3 aliphatic heterocycles. The second-order valence-electron chi connectivity index (χ2n) is 11.1. The number of fused-ring (bicyclic) bond motifs is 2. The van der Waals surface area contributed by atoms with Crippen LogP contribution in [0.5, 0.6) is 0 Å². The zero-order chi connectivity index (χ0) is 25.0. The molecule has 8 heteroatoms. The maximum absolute atomic E-state index is 13.1. The van der Waals surface area contributed by atoms with Crippen molar-refractivity contribution in [1.29, 1.82) is 0 Å². The minimum absolute atomic E-state index is 0.154. The van der Waals surface area contributed by atoms with Crippen LogP contribution in [0.2, 0.25) is 0 Å². The van der Waals surface area contributed by atoms with E-state index in [2.05, 4.69) is 51.8 Å². The van der Waals surface area contributed by atoms with Gasteiger partial charge in [0.25, 0.3) is 5.91 Å². The predicted molar refractivity (Wildman–Crippen MR) is 135 cm³/mol. The van der Waals surface area contributed by atoms with E-state index < -0.39 is 6.04 Å². The lowest BCUT2D eigenvalue weighted by atomic mass is 9.82. The number of hydrogen-bond acceptors (Lipinski definition) is 5. The Balaban J connectivity index is 1.29. The molecule has 0 spiro atoms. The number of rotatable bonds is 4. The Labute approximate surface area is 210 Å². The Kier molecular flexibility index (Phi) is 5.44. The van der Waals surface area contributed by atoms with Crippen molar-refractivity contribution in [2.75, 3.05) is 13.1 Å². The van der Waals surface area contributed by atoms with Crippen molar-refractivity contribution in [2.24, 2.45) is 5.41 Å². The third-order valence-electron chi connectivity index (χ3n) is 7.99. The smallest absolute Gasteiger partial charge is 0.255 e. The van der Waals surface area contributed by atoms with Crippen LogP contribution in [0.15, 0.2) is 42.9 Å². The molecule has 8 nitrogen and oxygen atoms in total. The van der Waals surface area contributed by atoms with Gasteiger partial charge in [0.2, 0.25) is 11.8 Å². The van der Waals surface area contributed by atoms with Crippen LogP contribution in [0.4, 0.5) is 0 Å². The minimum Gasteiger partial charge on any atom is -0.322 e. The highest BCUT2D eigenvalue weighted by Crippen LogP contribution is 2.34. The Morgan fingerprint density at radius 1 is 1.08 bits per heavy atom. The number of aromatic nitrogens is 2. The molecule has 3 aromatic rings. The number of amides is 3. The van der Waals surface area contributed by atoms with Crippen LogP contribution in [0.3, 0.4) is 0 Å². The molecule has 0 aliphatic carbocycles. The Bertz CT molecular complexity index is 1380. The third-order valence-corrected chi connectivity index (χ3v) is 7.99. The van der Waals surface area contributed by atoms with Crippen molar-refractivity contribution < 1.29 is 14.4 Å². The summed E-state index contributed by atoms with van der Waals surface area (Å²) in [5, 5.41) is 2.37. The summed E-state index contributed by atoms with van der Waals surface area (Å²) in [6, 6.07) is 7.50. The van der Waals surface area contributed by atoms with Crippen LogP contribution in [0.1, 0.15) is 61.0 Å². The number of nitrogens with one attached hydrogen (secondary N) is 1. The number of carbonyl (C=O) groups is 3. The van der Waals surface area contributed by atoms with Gasteiger partial charge in [-0.3, -0.25) is 24.6 Å². The topological polar surface area (TPSA) is 87.0 Å². The molecule has 36 heavy (non-hydrogen) atoms. The maximum atomic E-state index is 13.1. The highest BCUT2D eigenvalue weighted by atomic mass is 16.2. The predicted octanol–water partition coefficient (Wildman–Crippen LogP) is 3.38. The normalized spacial score (nSPS) is 22.2. The highest BCUT2D eigenvalue weighted by Gasteiger charge is 2.39. The zero-order valence-electron chi connectivity index (χ0n) is 20.8. The fourth-order valence-corrected chi connectivity index (χ4v) is 5.71. The quantitative estimate of drug-likeness (QED) is 0.573. The molecule has 1 aromatic carbocycles. The average Bonchev–Trinajstić information content (AvgIpc) is 3.44. The lowest BCUT2D eigenvalue weighted by Crippen LogP contribution is -2.52. The first-order valence-electron chi connectivity index (χ1n) is 12.7. The van der Waals surface area contributed by atoms with Crippen molar-refractivity contribution in [1.82, 2.24) is 24.5 Å². The van der Waals surface area contributed by atoms with Crippen LogP contribution in [0, 0.1) is 5.41 Å². The summed E-state index contributed by atoms with van der Waals surface area (Å²) in [4.78, 5) is 45.8. The third kappa shape index (κ3) is 4.09. The number of piperidine rings is 2. The summed E-state index contributed by atoms with van der Waals surface area (Å²) < 4.78 is 2.08. The first kappa shape index (κ1) is 22.9. The molecular weight excluding hydrogens is 454 g/mol. The fraction of sp³-hybridized carbons (Fsp3) is 0.429.